The summed E-state index contributed by atoms with van der Waals surface area (Å²) in [6.45, 7) is 5.54. The molecule has 0 spiro atoms. The van der Waals surface area contributed by atoms with Crippen LogP contribution < -0.4 is 4.74 Å². The Hall–Kier alpha value is -2.53. The van der Waals surface area contributed by atoms with Crippen molar-refractivity contribution in [1.29, 1.82) is 0 Å². The maximum Gasteiger partial charge on any atom is 0.253 e. The number of rotatable bonds is 9. The van der Waals surface area contributed by atoms with Gasteiger partial charge in [-0.25, -0.2) is 0 Å². The predicted molar refractivity (Wildman–Crippen MR) is 116 cm³/mol. The summed E-state index contributed by atoms with van der Waals surface area (Å²) >= 11 is 6.01. The standard InChI is InChI=1S/C23H29ClN2O3/c1-5-26(16-18-8-10-19(11-9-18)23(28)25(3)4)22(27)7-6-14-29-20-12-13-21(24)17(2)15-20/h8-13,15H,5-7,14,16H2,1-4H3. The Morgan fingerprint density at radius 3 is 2.34 bits per heavy atom. The molecule has 156 valence electrons. The van der Waals surface area contributed by atoms with Crippen LogP contribution in [0.1, 0.15) is 41.3 Å². The van der Waals surface area contributed by atoms with Gasteiger partial charge in [0.1, 0.15) is 5.75 Å². The Morgan fingerprint density at radius 2 is 1.76 bits per heavy atom. The molecule has 0 aliphatic rings. The molecule has 0 radical (unpaired) electrons. The van der Waals surface area contributed by atoms with Crippen LogP contribution >= 0.6 is 11.6 Å². The average molecular weight is 417 g/mol. The van der Waals surface area contributed by atoms with Crippen molar-refractivity contribution in [2.45, 2.75) is 33.2 Å². The van der Waals surface area contributed by atoms with Crippen molar-refractivity contribution in [3.8, 4) is 5.75 Å². The van der Waals surface area contributed by atoms with Gasteiger partial charge in [0.25, 0.3) is 5.91 Å². The molecule has 2 rings (SSSR count). The quantitative estimate of drug-likeness (QED) is 0.563. The molecule has 0 saturated heterocycles. The summed E-state index contributed by atoms with van der Waals surface area (Å²) in [5.74, 6) is 0.826. The van der Waals surface area contributed by atoms with Crippen LogP contribution in [-0.4, -0.2) is 48.9 Å². The Morgan fingerprint density at radius 1 is 1.07 bits per heavy atom. The van der Waals surface area contributed by atoms with Crippen molar-refractivity contribution in [3.05, 3.63) is 64.2 Å². The Labute approximate surface area is 178 Å². The van der Waals surface area contributed by atoms with Crippen molar-refractivity contribution in [3.63, 3.8) is 0 Å². The van der Waals surface area contributed by atoms with Crippen molar-refractivity contribution >= 4 is 23.4 Å². The van der Waals surface area contributed by atoms with E-state index in [0.29, 0.717) is 43.1 Å². The molecule has 2 aromatic carbocycles. The van der Waals surface area contributed by atoms with Crippen molar-refractivity contribution in [1.82, 2.24) is 9.80 Å². The van der Waals surface area contributed by atoms with Gasteiger partial charge in [0.05, 0.1) is 6.61 Å². The summed E-state index contributed by atoms with van der Waals surface area (Å²) in [6.07, 6.45) is 1.07. The molecule has 5 nitrogen and oxygen atoms in total. The summed E-state index contributed by atoms with van der Waals surface area (Å²) in [4.78, 5) is 27.9. The summed E-state index contributed by atoms with van der Waals surface area (Å²) in [5.41, 5.74) is 2.61. The normalized spacial score (nSPS) is 10.5. The van der Waals surface area contributed by atoms with E-state index in [9.17, 15) is 9.59 Å². The number of hydrogen-bond donors (Lipinski definition) is 0. The van der Waals surface area contributed by atoms with Crippen LogP contribution in [0.4, 0.5) is 0 Å². The van der Waals surface area contributed by atoms with Gasteiger partial charge in [0.2, 0.25) is 5.91 Å². The molecular formula is C23H29ClN2O3. The molecule has 0 atom stereocenters. The molecule has 0 aromatic heterocycles. The molecule has 0 aliphatic heterocycles. The first-order valence-corrected chi connectivity index (χ1v) is 10.2. The smallest absolute Gasteiger partial charge is 0.253 e. The topological polar surface area (TPSA) is 49.9 Å². The zero-order valence-electron chi connectivity index (χ0n) is 17.6. The highest BCUT2D eigenvalue weighted by molar-refractivity contribution is 6.31. The molecule has 0 bridgehead atoms. The molecule has 0 heterocycles. The third-order valence-electron chi connectivity index (χ3n) is 4.65. The van der Waals surface area contributed by atoms with Crippen LogP contribution in [0.15, 0.2) is 42.5 Å². The molecule has 6 heteroatoms. The van der Waals surface area contributed by atoms with Crippen molar-refractivity contribution < 1.29 is 14.3 Å². The summed E-state index contributed by atoms with van der Waals surface area (Å²) in [7, 11) is 3.46. The minimum absolute atomic E-state index is 0.0316. The third kappa shape index (κ3) is 6.79. The number of benzene rings is 2. The zero-order valence-corrected chi connectivity index (χ0v) is 18.3. The number of nitrogens with zero attached hydrogens (tertiary/aromatic N) is 2. The second-order valence-electron chi connectivity index (χ2n) is 7.17. The van der Waals surface area contributed by atoms with Gasteiger partial charge in [0, 0.05) is 44.2 Å². The highest BCUT2D eigenvalue weighted by Gasteiger charge is 2.13. The number of amides is 2. The Kier molecular flexibility index (Phi) is 8.52. The van der Waals surface area contributed by atoms with Gasteiger partial charge < -0.3 is 14.5 Å². The second-order valence-corrected chi connectivity index (χ2v) is 7.57. The van der Waals surface area contributed by atoms with Crippen LogP contribution in [-0.2, 0) is 11.3 Å². The summed E-state index contributed by atoms with van der Waals surface area (Å²) < 4.78 is 5.71. The van der Waals surface area contributed by atoms with Gasteiger partial charge in [-0.2, -0.15) is 0 Å². The molecule has 2 aromatic rings. The fraction of sp³-hybridized carbons (Fsp3) is 0.391. The molecule has 0 saturated carbocycles. The lowest BCUT2D eigenvalue weighted by Crippen LogP contribution is -2.30. The Balaban J connectivity index is 1.82. The predicted octanol–water partition coefficient (Wildman–Crippen LogP) is 4.56. The largest absolute Gasteiger partial charge is 0.494 e. The van der Waals surface area contributed by atoms with Crippen LogP contribution in [0.5, 0.6) is 5.75 Å². The molecule has 2 amide bonds. The molecule has 29 heavy (non-hydrogen) atoms. The average Bonchev–Trinajstić information content (AvgIpc) is 2.71. The van der Waals surface area contributed by atoms with Gasteiger partial charge in [-0.1, -0.05) is 23.7 Å². The van der Waals surface area contributed by atoms with E-state index in [2.05, 4.69) is 0 Å². The second kappa shape index (κ2) is 10.9. The van der Waals surface area contributed by atoms with Crippen molar-refractivity contribution in [2.24, 2.45) is 0 Å². The number of ether oxygens (including phenoxy) is 1. The fourth-order valence-electron chi connectivity index (χ4n) is 2.89. The number of carbonyl (C=O) groups is 2. The highest BCUT2D eigenvalue weighted by atomic mass is 35.5. The number of halogens is 1. The van der Waals surface area contributed by atoms with Gasteiger partial charge in [0.15, 0.2) is 0 Å². The molecule has 0 fully saturated rings. The van der Waals surface area contributed by atoms with Gasteiger partial charge in [-0.15, -0.1) is 0 Å². The highest BCUT2D eigenvalue weighted by Crippen LogP contribution is 2.21. The van der Waals surface area contributed by atoms with Gasteiger partial charge in [-0.05, 0) is 61.7 Å². The lowest BCUT2D eigenvalue weighted by molar-refractivity contribution is -0.131. The minimum atomic E-state index is -0.0316. The van der Waals surface area contributed by atoms with Crippen molar-refractivity contribution in [2.75, 3.05) is 27.2 Å². The summed E-state index contributed by atoms with van der Waals surface area (Å²) in [5, 5.41) is 0.713. The molecular weight excluding hydrogens is 388 g/mol. The summed E-state index contributed by atoms with van der Waals surface area (Å²) in [6, 6.07) is 13.0. The van der Waals surface area contributed by atoms with Crippen LogP contribution in [0.25, 0.3) is 0 Å². The SMILES string of the molecule is CCN(Cc1ccc(C(=O)N(C)C)cc1)C(=O)CCCOc1ccc(Cl)c(C)c1. The lowest BCUT2D eigenvalue weighted by Gasteiger charge is -2.21. The van der Waals surface area contributed by atoms with E-state index < -0.39 is 0 Å². The van der Waals surface area contributed by atoms with E-state index >= 15 is 0 Å². The minimum Gasteiger partial charge on any atom is -0.494 e. The first-order valence-electron chi connectivity index (χ1n) is 9.79. The lowest BCUT2D eigenvalue weighted by atomic mass is 10.1. The first kappa shape index (κ1) is 22.8. The van der Waals surface area contributed by atoms with Gasteiger partial charge >= 0.3 is 0 Å². The Bertz CT molecular complexity index is 835. The molecule has 0 unspecified atom stereocenters. The molecule has 0 N–H and O–H groups in total. The van der Waals surface area contributed by atoms with E-state index in [1.807, 2.05) is 49.1 Å². The van der Waals surface area contributed by atoms with E-state index in [1.54, 1.807) is 31.1 Å². The van der Waals surface area contributed by atoms with E-state index in [-0.39, 0.29) is 11.8 Å². The van der Waals surface area contributed by atoms with Crippen LogP contribution in [0.2, 0.25) is 5.02 Å². The number of aryl methyl sites for hydroxylation is 1. The first-order chi connectivity index (χ1) is 13.8. The number of carbonyl (C=O) groups excluding carboxylic acids is 2. The van der Waals surface area contributed by atoms with Crippen LogP contribution in [0.3, 0.4) is 0 Å². The van der Waals surface area contributed by atoms with Crippen LogP contribution in [0, 0.1) is 6.92 Å². The van der Waals surface area contributed by atoms with E-state index in [0.717, 1.165) is 16.9 Å². The van der Waals surface area contributed by atoms with Gasteiger partial charge in [-0.3, -0.25) is 9.59 Å². The number of hydrogen-bond acceptors (Lipinski definition) is 3. The molecule has 0 aliphatic carbocycles. The zero-order chi connectivity index (χ0) is 21.4. The third-order valence-corrected chi connectivity index (χ3v) is 5.07. The van der Waals surface area contributed by atoms with E-state index in [4.69, 9.17) is 16.3 Å². The monoisotopic (exact) mass is 416 g/mol. The maximum absolute atomic E-state index is 12.5. The van der Waals surface area contributed by atoms with E-state index in [1.165, 1.54) is 0 Å². The fourth-order valence-corrected chi connectivity index (χ4v) is 3.00. The maximum atomic E-state index is 12.5.